The van der Waals surface area contributed by atoms with Gasteiger partial charge in [0.05, 0.1) is 0 Å². The molecule has 0 aromatic heterocycles. The molecule has 0 bridgehead atoms. The molecular weight excluding hydrogens is 295 g/mol. The van der Waals surface area contributed by atoms with Gasteiger partial charge in [0.15, 0.2) is 0 Å². The molecule has 1 heteroatoms. The summed E-state index contributed by atoms with van der Waals surface area (Å²) < 4.78 is 0. The fourth-order valence-corrected chi connectivity index (χ4v) is 7.14. The lowest BCUT2D eigenvalue weighted by molar-refractivity contribution is 0.787. The van der Waals surface area contributed by atoms with Crippen LogP contribution < -0.4 is 0 Å². The summed E-state index contributed by atoms with van der Waals surface area (Å²) in [5.74, 6) is 0. The Morgan fingerprint density at radius 3 is 1.52 bits per heavy atom. The van der Waals surface area contributed by atoms with Crippen LogP contribution in [0.1, 0.15) is 43.0 Å². The van der Waals surface area contributed by atoms with Crippen molar-refractivity contribution in [3.63, 3.8) is 0 Å². The monoisotopic (exact) mass is 318 g/mol. The van der Waals surface area contributed by atoms with Gasteiger partial charge in [-0.25, -0.2) is 0 Å². The molecule has 4 rings (SSSR count). The average Bonchev–Trinajstić information content (AvgIpc) is 3.08. The maximum Gasteiger partial charge on any atom is -0.00118 e. The van der Waals surface area contributed by atoms with Crippen LogP contribution in [0.2, 0.25) is 0 Å². The highest BCUT2D eigenvalue weighted by atomic mass is 31.1. The van der Waals surface area contributed by atoms with Crippen LogP contribution in [0.5, 0.6) is 0 Å². The third-order valence-corrected chi connectivity index (χ3v) is 7.81. The van der Waals surface area contributed by atoms with E-state index in [1.165, 1.54) is 22.3 Å². The van der Waals surface area contributed by atoms with Gasteiger partial charge in [-0.1, -0.05) is 81.5 Å². The smallest absolute Gasteiger partial charge is 0.00118 e. The van der Waals surface area contributed by atoms with E-state index in [1.807, 2.05) is 0 Å². The standard InChI is InChI=1S/C22H23P/c1-22(2,3)23(20-12-16-8-4-5-9-17(16)13-20)21-14-18-10-6-7-11-19(18)15-21/h4-12,14H,13,15H2,1-3H3. The predicted octanol–water partition coefficient (Wildman–Crippen LogP) is 6.46. The maximum atomic E-state index is 2.47. The zero-order valence-electron chi connectivity index (χ0n) is 14.1. The highest BCUT2D eigenvalue weighted by Crippen LogP contribution is 2.66. The van der Waals surface area contributed by atoms with Crippen LogP contribution in [-0.2, 0) is 12.8 Å². The second kappa shape index (κ2) is 5.46. The Bertz CT molecular complexity index is 754. The molecule has 2 aliphatic rings. The number of fused-ring (bicyclic) bond motifs is 2. The van der Waals surface area contributed by atoms with Crippen LogP contribution in [0, 0.1) is 0 Å². The van der Waals surface area contributed by atoms with Crippen molar-refractivity contribution in [1.29, 1.82) is 0 Å². The summed E-state index contributed by atoms with van der Waals surface area (Å²) in [5.41, 5.74) is 5.84. The molecule has 0 unspecified atom stereocenters. The van der Waals surface area contributed by atoms with Gasteiger partial charge in [0, 0.05) is 0 Å². The van der Waals surface area contributed by atoms with Crippen LogP contribution in [0.4, 0.5) is 0 Å². The zero-order chi connectivity index (χ0) is 16.0. The summed E-state index contributed by atoms with van der Waals surface area (Å²) in [5, 5.41) is 3.59. The predicted molar refractivity (Wildman–Crippen MR) is 103 cm³/mol. The van der Waals surface area contributed by atoms with E-state index in [2.05, 4.69) is 81.5 Å². The summed E-state index contributed by atoms with van der Waals surface area (Å²) in [4.78, 5) is 0. The summed E-state index contributed by atoms with van der Waals surface area (Å²) >= 11 is 0. The third kappa shape index (κ3) is 2.70. The molecule has 0 saturated carbocycles. The van der Waals surface area contributed by atoms with Gasteiger partial charge >= 0.3 is 0 Å². The minimum atomic E-state index is -0.274. The fourth-order valence-electron chi connectivity index (χ4n) is 3.86. The molecule has 0 heterocycles. The van der Waals surface area contributed by atoms with Gasteiger partial charge in [-0.2, -0.15) is 0 Å². The van der Waals surface area contributed by atoms with Crippen molar-refractivity contribution in [1.82, 2.24) is 0 Å². The Morgan fingerprint density at radius 2 is 1.13 bits per heavy atom. The van der Waals surface area contributed by atoms with Gasteiger partial charge in [0.2, 0.25) is 0 Å². The minimum absolute atomic E-state index is 0.274. The van der Waals surface area contributed by atoms with Crippen LogP contribution in [0.3, 0.4) is 0 Å². The average molecular weight is 318 g/mol. The van der Waals surface area contributed by atoms with Crippen molar-refractivity contribution in [2.75, 3.05) is 0 Å². The highest BCUT2D eigenvalue weighted by molar-refractivity contribution is 7.68. The Hall–Kier alpha value is -1.65. The van der Waals surface area contributed by atoms with Crippen molar-refractivity contribution < 1.29 is 0 Å². The second-order valence-electron chi connectivity index (χ2n) is 7.53. The zero-order valence-corrected chi connectivity index (χ0v) is 15.0. The Balaban J connectivity index is 1.72. The molecule has 0 radical (unpaired) electrons. The van der Waals surface area contributed by atoms with Crippen molar-refractivity contribution in [2.45, 2.75) is 38.8 Å². The Labute approximate surface area is 140 Å². The first kappa shape index (κ1) is 14.9. The summed E-state index contributed by atoms with van der Waals surface area (Å²) in [6.07, 6.45) is 7.20. The molecular formula is C22H23P. The van der Waals surface area contributed by atoms with Gasteiger partial charge in [0.1, 0.15) is 0 Å². The van der Waals surface area contributed by atoms with Crippen molar-refractivity contribution in [2.24, 2.45) is 0 Å². The van der Waals surface area contributed by atoms with E-state index in [0.717, 1.165) is 12.8 Å². The fraction of sp³-hybridized carbons (Fsp3) is 0.273. The Kier molecular flexibility index (Phi) is 3.54. The quantitative estimate of drug-likeness (QED) is 0.557. The summed E-state index contributed by atoms with van der Waals surface area (Å²) in [7, 11) is -0.274. The Morgan fingerprint density at radius 1 is 0.696 bits per heavy atom. The van der Waals surface area contributed by atoms with Crippen LogP contribution >= 0.6 is 7.92 Å². The first-order valence-electron chi connectivity index (χ1n) is 8.39. The summed E-state index contributed by atoms with van der Waals surface area (Å²) in [6.45, 7) is 7.23. The number of hydrogen-bond acceptors (Lipinski definition) is 0. The lowest BCUT2D eigenvalue weighted by Crippen LogP contribution is -2.14. The first-order valence-corrected chi connectivity index (χ1v) is 9.74. The molecule has 0 nitrogen and oxygen atoms in total. The maximum absolute atomic E-state index is 2.47. The molecule has 2 aromatic rings. The molecule has 0 fully saturated rings. The van der Waals surface area contributed by atoms with E-state index in [-0.39, 0.29) is 7.92 Å². The van der Waals surface area contributed by atoms with Crippen LogP contribution in [0.25, 0.3) is 12.2 Å². The normalized spacial score (nSPS) is 16.2. The summed E-state index contributed by atoms with van der Waals surface area (Å²) in [6, 6.07) is 17.7. The molecule has 0 aliphatic heterocycles. The van der Waals surface area contributed by atoms with Crippen molar-refractivity contribution in [3.8, 4) is 0 Å². The first-order chi connectivity index (χ1) is 11.0. The van der Waals surface area contributed by atoms with Crippen LogP contribution in [0.15, 0.2) is 59.2 Å². The van der Waals surface area contributed by atoms with Gasteiger partial charge < -0.3 is 0 Å². The molecule has 2 aliphatic carbocycles. The van der Waals surface area contributed by atoms with E-state index in [0.29, 0.717) is 5.16 Å². The second-order valence-corrected chi connectivity index (χ2v) is 10.7. The largest absolute Gasteiger partial charge is 0.0619 e. The molecule has 0 amide bonds. The molecule has 0 spiro atoms. The number of hydrogen-bond donors (Lipinski definition) is 0. The van der Waals surface area contributed by atoms with Crippen LogP contribution in [-0.4, -0.2) is 5.16 Å². The number of allylic oxidation sites excluding steroid dienone is 2. The lowest BCUT2D eigenvalue weighted by Gasteiger charge is -2.34. The minimum Gasteiger partial charge on any atom is -0.0619 e. The van der Waals surface area contributed by atoms with Gasteiger partial charge in [-0.05, 0) is 58.8 Å². The molecule has 2 aromatic carbocycles. The van der Waals surface area contributed by atoms with E-state index in [9.17, 15) is 0 Å². The van der Waals surface area contributed by atoms with Crippen molar-refractivity contribution >= 4 is 20.1 Å². The number of benzene rings is 2. The van der Waals surface area contributed by atoms with Gasteiger partial charge in [0.25, 0.3) is 0 Å². The van der Waals surface area contributed by atoms with Gasteiger partial charge in [-0.3, -0.25) is 0 Å². The highest BCUT2D eigenvalue weighted by Gasteiger charge is 2.34. The molecule has 23 heavy (non-hydrogen) atoms. The van der Waals surface area contributed by atoms with E-state index < -0.39 is 0 Å². The van der Waals surface area contributed by atoms with E-state index >= 15 is 0 Å². The lowest BCUT2D eigenvalue weighted by atomic mass is 10.1. The topological polar surface area (TPSA) is 0 Å². The number of rotatable bonds is 2. The molecule has 0 N–H and O–H groups in total. The van der Waals surface area contributed by atoms with E-state index in [1.54, 1.807) is 10.6 Å². The molecule has 0 atom stereocenters. The third-order valence-electron chi connectivity index (χ3n) is 4.74. The van der Waals surface area contributed by atoms with E-state index in [4.69, 9.17) is 0 Å². The van der Waals surface area contributed by atoms with Gasteiger partial charge in [-0.15, -0.1) is 0 Å². The SMILES string of the molecule is CC(C)(C)P(C1=Cc2ccccc2C1)C1=Cc2ccccc2C1. The molecule has 0 saturated heterocycles. The van der Waals surface area contributed by atoms with Crippen molar-refractivity contribution in [3.05, 3.63) is 81.4 Å². The molecule has 116 valence electrons.